The van der Waals surface area contributed by atoms with Crippen molar-refractivity contribution in [1.29, 1.82) is 0 Å². The first-order valence-corrected chi connectivity index (χ1v) is 10.1. The quantitative estimate of drug-likeness (QED) is 0.667. The summed E-state index contributed by atoms with van der Waals surface area (Å²) in [5.41, 5.74) is 0.369. The van der Waals surface area contributed by atoms with Gasteiger partial charge in [-0.25, -0.2) is 12.7 Å². The maximum Gasteiger partial charge on any atom is 0.246 e. The topological polar surface area (TPSA) is 106 Å². The number of nitrogens with one attached hydrogen (secondary N) is 1. The SMILES string of the molecule is CCn1cnnc1SCC(=O)Nc1ccc(OC)c(S(=O)(=O)N(C)C)c1. The van der Waals surface area contributed by atoms with E-state index < -0.39 is 10.0 Å². The van der Waals surface area contributed by atoms with Crippen LogP contribution in [0, 0.1) is 0 Å². The lowest BCUT2D eigenvalue weighted by atomic mass is 10.3. The molecule has 0 aliphatic carbocycles. The van der Waals surface area contributed by atoms with Gasteiger partial charge in [-0.1, -0.05) is 11.8 Å². The summed E-state index contributed by atoms with van der Waals surface area (Å²) >= 11 is 1.25. The predicted octanol–water partition coefficient (Wildman–Crippen LogP) is 1.29. The van der Waals surface area contributed by atoms with Gasteiger partial charge in [0.05, 0.1) is 12.9 Å². The predicted molar refractivity (Wildman–Crippen MR) is 98.9 cm³/mol. The van der Waals surface area contributed by atoms with E-state index >= 15 is 0 Å². The first-order chi connectivity index (χ1) is 12.3. The van der Waals surface area contributed by atoms with Crippen molar-refractivity contribution in [2.45, 2.75) is 23.5 Å². The second-order valence-corrected chi connectivity index (χ2v) is 8.45. The van der Waals surface area contributed by atoms with Crippen molar-refractivity contribution in [3.63, 3.8) is 0 Å². The molecular formula is C15H21N5O4S2. The first-order valence-electron chi connectivity index (χ1n) is 7.70. The fourth-order valence-corrected chi connectivity index (χ4v) is 3.91. The highest BCUT2D eigenvalue weighted by Crippen LogP contribution is 2.29. The summed E-state index contributed by atoms with van der Waals surface area (Å²) in [5, 5.41) is 11.1. The molecule has 1 aromatic heterocycles. The van der Waals surface area contributed by atoms with Crippen LogP contribution in [0.5, 0.6) is 5.75 Å². The third-order valence-corrected chi connectivity index (χ3v) is 6.28. The average Bonchev–Trinajstić information content (AvgIpc) is 3.07. The Morgan fingerprint density at radius 3 is 2.73 bits per heavy atom. The lowest BCUT2D eigenvalue weighted by Crippen LogP contribution is -2.23. The number of hydrogen-bond acceptors (Lipinski definition) is 7. The van der Waals surface area contributed by atoms with E-state index in [2.05, 4.69) is 15.5 Å². The zero-order valence-corrected chi connectivity index (χ0v) is 16.6. The van der Waals surface area contributed by atoms with Gasteiger partial charge in [0.25, 0.3) is 0 Å². The number of nitrogens with zero attached hydrogens (tertiary/aromatic N) is 4. The summed E-state index contributed by atoms with van der Waals surface area (Å²) in [6, 6.07) is 4.47. The molecule has 26 heavy (non-hydrogen) atoms. The van der Waals surface area contributed by atoms with Crippen LogP contribution in [-0.2, 0) is 21.4 Å². The standard InChI is InChI=1S/C15H21N5O4S2/c1-5-20-10-16-18-15(20)25-9-14(21)17-11-6-7-12(24-4)13(8-11)26(22,23)19(2)3/h6-8,10H,5,9H2,1-4H3,(H,17,21). The maximum absolute atomic E-state index is 12.4. The number of hydrogen-bond donors (Lipinski definition) is 1. The van der Waals surface area contributed by atoms with Crippen molar-refractivity contribution >= 4 is 33.4 Å². The zero-order valence-electron chi connectivity index (χ0n) is 15.0. The Morgan fingerprint density at radius 2 is 2.12 bits per heavy atom. The van der Waals surface area contributed by atoms with Crippen molar-refractivity contribution < 1.29 is 17.9 Å². The van der Waals surface area contributed by atoms with Gasteiger partial charge < -0.3 is 14.6 Å². The Bertz CT molecular complexity index is 880. The molecule has 0 atom stereocenters. The normalized spacial score (nSPS) is 11.6. The largest absolute Gasteiger partial charge is 0.495 e. The van der Waals surface area contributed by atoms with Crippen LogP contribution >= 0.6 is 11.8 Å². The van der Waals surface area contributed by atoms with Crippen LogP contribution in [0.4, 0.5) is 5.69 Å². The minimum Gasteiger partial charge on any atom is -0.495 e. The van der Waals surface area contributed by atoms with Crippen molar-refractivity contribution in [1.82, 2.24) is 19.1 Å². The van der Waals surface area contributed by atoms with E-state index in [0.717, 1.165) is 4.31 Å². The summed E-state index contributed by atoms with van der Waals surface area (Å²) in [5.74, 6) is 0.0571. The third-order valence-electron chi connectivity index (χ3n) is 3.46. The van der Waals surface area contributed by atoms with E-state index in [1.165, 1.54) is 45.1 Å². The molecule has 0 aliphatic rings. The molecule has 0 spiro atoms. The highest BCUT2D eigenvalue weighted by molar-refractivity contribution is 7.99. The van der Waals surface area contributed by atoms with Gasteiger partial charge in [0.15, 0.2) is 5.16 Å². The number of sulfonamides is 1. The molecule has 0 radical (unpaired) electrons. The Kier molecular flexibility index (Phi) is 6.62. The van der Waals surface area contributed by atoms with E-state index in [1.54, 1.807) is 12.4 Å². The minimum atomic E-state index is -3.70. The molecule has 142 valence electrons. The van der Waals surface area contributed by atoms with E-state index in [-0.39, 0.29) is 22.3 Å². The molecule has 11 heteroatoms. The molecule has 1 aromatic carbocycles. The number of ether oxygens (including phenoxy) is 1. The summed E-state index contributed by atoms with van der Waals surface area (Å²) in [4.78, 5) is 12.2. The third kappa shape index (κ3) is 4.54. The number of rotatable bonds is 8. The first kappa shape index (κ1) is 20.2. The average molecular weight is 399 g/mol. The minimum absolute atomic E-state index is 0.0128. The van der Waals surface area contributed by atoms with E-state index in [1.807, 2.05) is 11.5 Å². The Hall–Kier alpha value is -2.11. The molecule has 0 bridgehead atoms. The van der Waals surface area contributed by atoms with Gasteiger partial charge in [0.2, 0.25) is 15.9 Å². The molecule has 1 amide bonds. The summed E-state index contributed by atoms with van der Waals surface area (Å²) in [6.07, 6.45) is 1.60. The molecule has 0 fully saturated rings. The lowest BCUT2D eigenvalue weighted by Gasteiger charge is -2.16. The van der Waals surface area contributed by atoms with Crippen LogP contribution in [0.3, 0.4) is 0 Å². The summed E-state index contributed by atoms with van der Waals surface area (Å²) in [7, 11) is 0.549. The number of amides is 1. The van der Waals surface area contributed by atoms with Gasteiger partial charge >= 0.3 is 0 Å². The van der Waals surface area contributed by atoms with Crippen LogP contribution in [-0.4, -0.2) is 60.4 Å². The summed E-state index contributed by atoms with van der Waals surface area (Å²) < 4.78 is 32.9. The fourth-order valence-electron chi connectivity index (χ4n) is 2.05. The number of benzene rings is 1. The monoisotopic (exact) mass is 399 g/mol. The molecule has 0 unspecified atom stereocenters. The lowest BCUT2D eigenvalue weighted by molar-refractivity contribution is -0.113. The molecule has 0 saturated carbocycles. The number of carbonyl (C=O) groups excluding carboxylic acids is 1. The highest BCUT2D eigenvalue weighted by atomic mass is 32.2. The highest BCUT2D eigenvalue weighted by Gasteiger charge is 2.23. The van der Waals surface area contributed by atoms with Gasteiger partial charge in [-0.3, -0.25) is 4.79 Å². The Labute approximate surface area is 156 Å². The molecule has 0 aliphatic heterocycles. The number of anilines is 1. The molecule has 2 aromatic rings. The van der Waals surface area contributed by atoms with Gasteiger partial charge in [0, 0.05) is 26.3 Å². The zero-order chi connectivity index (χ0) is 19.3. The number of thioether (sulfide) groups is 1. The van der Waals surface area contributed by atoms with E-state index in [9.17, 15) is 13.2 Å². The Morgan fingerprint density at radius 1 is 1.38 bits per heavy atom. The smallest absolute Gasteiger partial charge is 0.246 e. The van der Waals surface area contributed by atoms with Gasteiger partial charge in [-0.05, 0) is 25.1 Å². The van der Waals surface area contributed by atoms with Crippen LogP contribution in [0.15, 0.2) is 34.6 Å². The number of aryl methyl sites for hydroxylation is 1. The second kappa shape index (κ2) is 8.52. The number of methoxy groups -OCH3 is 1. The van der Waals surface area contributed by atoms with Crippen molar-refractivity contribution in [2.75, 3.05) is 32.3 Å². The van der Waals surface area contributed by atoms with Crippen molar-refractivity contribution in [2.24, 2.45) is 0 Å². The van der Waals surface area contributed by atoms with Crippen LogP contribution in [0.25, 0.3) is 0 Å². The maximum atomic E-state index is 12.4. The van der Waals surface area contributed by atoms with Gasteiger partial charge in [-0.15, -0.1) is 10.2 Å². The fraction of sp³-hybridized carbons (Fsp3) is 0.400. The Balaban J connectivity index is 2.13. The van der Waals surface area contributed by atoms with Crippen molar-refractivity contribution in [3.05, 3.63) is 24.5 Å². The van der Waals surface area contributed by atoms with E-state index in [4.69, 9.17) is 4.74 Å². The number of aromatic nitrogens is 3. The molecule has 9 nitrogen and oxygen atoms in total. The molecule has 2 rings (SSSR count). The molecular weight excluding hydrogens is 378 g/mol. The van der Waals surface area contributed by atoms with Gasteiger partial charge in [0.1, 0.15) is 17.0 Å². The number of carbonyl (C=O) groups is 1. The van der Waals surface area contributed by atoms with Crippen LogP contribution in [0.1, 0.15) is 6.92 Å². The summed E-state index contributed by atoms with van der Waals surface area (Å²) in [6.45, 7) is 2.67. The molecule has 1 heterocycles. The molecule has 0 saturated heterocycles. The van der Waals surface area contributed by atoms with Gasteiger partial charge in [-0.2, -0.15) is 0 Å². The van der Waals surface area contributed by atoms with Crippen molar-refractivity contribution in [3.8, 4) is 5.75 Å². The van der Waals surface area contributed by atoms with Crippen LogP contribution in [0.2, 0.25) is 0 Å². The van der Waals surface area contributed by atoms with E-state index in [0.29, 0.717) is 17.4 Å². The molecule has 1 N–H and O–H groups in total. The van der Waals surface area contributed by atoms with Crippen LogP contribution < -0.4 is 10.1 Å². The second-order valence-electron chi connectivity index (χ2n) is 5.39.